The molecule has 6 nitrogen and oxygen atoms in total. The summed E-state index contributed by atoms with van der Waals surface area (Å²) < 4.78 is 1.61. The fraction of sp³-hybridized carbons (Fsp3) is 0.385. The van der Waals surface area contributed by atoms with E-state index < -0.39 is 0 Å². The van der Waals surface area contributed by atoms with Gasteiger partial charge in [0.1, 0.15) is 0 Å². The van der Waals surface area contributed by atoms with Crippen molar-refractivity contribution in [3.05, 3.63) is 88.1 Å². The molecule has 2 saturated heterocycles. The summed E-state index contributed by atoms with van der Waals surface area (Å²) in [6, 6.07) is 18.0. The van der Waals surface area contributed by atoms with Gasteiger partial charge in [0.05, 0.1) is 5.69 Å². The van der Waals surface area contributed by atoms with E-state index in [0.717, 1.165) is 56.9 Å². The summed E-state index contributed by atoms with van der Waals surface area (Å²) in [5.41, 5.74) is 3.85. The molecule has 0 saturated carbocycles. The molecule has 0 bridgehead atoms. The van der Waals surface area contributed by atoms with Crippen molar-refractivity contribution in [2.45, 2.75) is 32.7 Å². The highest BCUT2D eigenvalue weighted by Gasteiger charge is 2.41. The largest absolute Gasteiger partial charge is 0.339 e. The van der Waals surface area contributed by atoms with Crippen LogP contribution in [0.15, 0.2) is 65.6 Å². The maximum atomic E-state index is 13.1. The first-order chi connectivity index (χ1) is 15.5. The summed E-state index contributed by atoms with van der Waals surface area (Å²) in [7, 11) is 0. The number of benzene rings is 2. The summed E-state index contributed by atoms with van der Waals surface area (Å²) in [5, 5.41) is 0. The number of piperidine rings is 1. The fourth-order valence-corrected chi connectivity index (χ4v) is 5.31. The molecule has 1 amide bonds. The van der Waals surface area contributed by atoms with Crippen molar-refractivity contribution in [1.29, 1.82) is 0 Å². The average Bonchev–Trinajstić information content (AvgIpc) is 3.37. The Bertz CT molecular complexity index is 1140. The van der Waals surface area contributed by atoms with Gasteiger partial charge in [0, 0.05) is 43.6 Å². The third kappa shape index (κ3) is 4.02. The first-order valence-electron chi connectivity index (χ1n) is 11.5. The predicted octanol–water partition coefficient (Wildman–Crippen LogP) is 3.60. The quantitative estimate of drug-likeness (QED) is 0.688. The molecule has 2 aliphatic heterocycles. The molecule has 166 valence electrons. The molecule has 1 aromatic heterocycles. The summed E-state index contributed by atoms with van der Waals surface area (Å²) in [5.74, 6) is 0.0867. The zero-order valence-corrected chi connectivity index (χ0v) is 18.6. The van der Waals surface area contributed by atoms with Crippen LogP contribution in [0.5, 0.6) is 0 Å². The molecule has 3 aromatic rings. The number of hydrogen-bond acceptors (Lipinski definition) is 3. The molecule has 32 heavy (non-hydrogen) atoms. The SMILES string of the molecule is Cc1c[nH]c(=O)n1-c1ccc(C(=O)N2CCC3(CCN(Cc4ccccc4)C3)CC2)cc1. The lowest BCUT2D eigenvalue weighted by atomic mass is 9.77. The molecule has 1 N–H and O–H groups in total. The number of carbonyl (C=O) groups excluding carboxylic acids is 1. The van der Waals surface area contributed by atoms with Gasteiger partial charge in [-0.2, -0.15) is 0 Å². The van der Waals surface area contributed by atoms with Crippen molar-refractivity contribution in [1.82, 2.24) is 19.4 Å². The van der Waals surface area contributed by atoms with E-state index in [1.54, 1.807) is 10.8 Å². The summed E-state index contributed by atoms with van der Waals surface area (Å²) in [6.45, 7) is 6.80. The molecular formula is C26H30N4O2. The lowest BCUT2D eigenvalue weighted by Crippen LogP contribution is -2.44. The van der Waals surface area contributed by atoms with E-state index in [2.05, 4.69) is 40.2 Å². The van der Waals surface area contributed by atoms with Crippen molar-refractivity contribution < 1.29 is 4.79 Å². The molecule has 0 unspecified atom stereocenters. The zero-order valence-electron chi connectivity index (χ0n) is 18.6. The van der Waals surface area contributed by atoms with Gasteiger partial charge in [-0.05, 0) is 68.0 Å². The molecule has 2 aliphatic rings. The second-order valence-corrected chi connectivity index (χ2v) is 9.36. The van der Waals surface area contributed by atoms with Crippen molar-refractivity contribution in [3.63, 3.8) is 0 Å². The number of amides is 1. The number of carbonyl (C=O) groups is 1. The molecular weight excluding hydrogens is 400 g/mol. The first kappa shape index (κ1) is 20.8. The number of aryl methyl sites for hydroxylation is 1. The third-order valence-corrected chi connectivity index (χ3v) is 7.21. The van der Waals surface area contributed by atoms with E-state index in [4.69, 9.17) is 0 Å². The van der Waals surface area contributed by atoms with E-state index in [9.17, 15) is 9.59 Å². The summed E-state index contributed by atoms with van der Waals surface area (Å²) in [4.78, 5) is 32.3. The summed E-state index contributed by atoms with van der Waals surface area (Å²) in [6.07, 6.45) is 5.05. The average molecular weight is 431 g/mol. The smallest absolute Gasteiger partial charge is 0.330 e. The van der Waals surface area contributed by atoms with Gasteiger partial charge in [-0.3, -0.25) is 14.3 Å². The van der Waals surface area contributed by atoms with Crippen LogP contribution in [0.1, 0.15) is 40.9 Å². The number of H-pyrrole nitrogens is 1. The number of aromatic amines is 1. The highest BCUT2D eigenvalue weighted by molar-refractivity contribution is 5.94. The lowest BCUT2D eigenvalue weighted by Gasteiger charge is -2.39. The number of hydrogen-bond donors (Lipinski definition) is 1. The van der Waals surface area contributed by atoms with E-state index >= 15 is 0 Å². The van der Waals surface area contributed by atoms with E-state index in [1.165, 1.54) is 12.0 Å². The number of likely N-dealkylation sites (tertiary alicyclic amines) is 2. The van der Waals surface area contributed by atoms with Crippen LogP contribution in [-0.2, 0) is 6.54 Å². The Balaban J connectivity index is 1.19. The maximum Gasteiger partial charge on any atom is 0.330 e. The maximum absolute atomic E-state index is 13.1. The van der Waals surface area contributed by atoms with Crippen LogP contribution in [0, 0.1) is 12.3 Å². The number of nitrogens with one attached hydrogen (secondary N) is 1. The van der Waals surface area contributed by atoms with Gasteiger partial charge in [0.15, 0.2) is 0 Å². The molecule has 5 rings (SSSR count). The fourth-order valence-electron chi connectivity index (χ4n) is 5.31. The molecule has 6 heteroatoms. The molecule has 1 spiro atoms. The van der Waals surface area contributed by atoms with Crippen LogP contribution in [-0.4, -0.2) is 51.4 Å². The minimum Gasteiger partial charge on any atom is -0.339 e. The molecule has 0 atom stereocenters. The Hall–Kier alpha value is -3.12. The van der Waals surface area contributed by atoms with Crippen molar-refractivity contribution in [2.75, 3.05) is 26.2 Å². The molecule has 2 fully saturated rings. The Labute approximate surface area is 188 Å². The molecule has 0 aliphatic carbocycles. The van der Waals surface area contributed by atoms with E-state index in [1.807, 2.05) is 36.1 Å². The molecule has 0 radical (unpaired) electrons. The topological polar surface area (TPSA) is 61.3 Å². The lowest BCUT2D eigenvalue weighted by molar-refractivity contribution is 0.0588. The van der Waals surface area contributed by atoms with Gasteiger partial charge in [0.2, 0.25) is 0 Å². The minimum absolute atomic E-state index is 0.0867. The van der Waals surface area contributed by atoms with Crippen molar-refractivity contribution >= 4 is 5.91 Å². The standard InChI is InChI=1S/C26H30N4O2/c1-20-17-27-25(32)30(20)23-9-7-22(8-10-23)24(31)29-15-12-26(13-16-29)11-14-28(19-26)18-21-5-3-2-4-6-21/h2-10,17H,11-16,18-19H2,1H3,(H,27,32). The monoisotopic (exact) mass is 430 g/mol. The minimum atomic E-state index is -0.166. The Kier molecular flexibility index (Phi) is 5.47. The normalized spacial score (nSPS) is 18.3. The number of aromatic nitrogens is 2. The third-order valence-electron chi connectivity index (χ3n) is 7.21. The Morgan fingerprint density at radius 2 is 1.66 bits per heavy atom. The van der Waals surface area contributed by atoms with Gasteiger partial charge in [0.25, 0.3) is 5.91 Å². The summed E-state index contributed by atoms with van der Waals surface area (Å²) >= 11 is 0. The second-order valence-electron chi connectivity index (χ2n) is 9.36. The highest BCUT2D eigenvalue weighted by Crippen LogP contribution is 2.41. The van der Waals surface area contributed by atoms with Crippen LogP contribution in [0.2, 0.25) is 0 Å². The second kappa shape index (κ2) is 8.43. The van der Waals surface area contributed by atoms with Gasteiger partial charge in [-0.15, -0.1) is 0 Å². The van der Waals surface area contributed by atoms with Crippen LogP contribution < -0.4 is 5.69 Å². The van der Waals surface area contributed by atoms with Gasteiger partial charge >= 0.3 is 5.69 Å². The van der Waals surface area contributed by atoms with E-state index in [0.29, 0.717) is 11.0 Å². The Morgan fingerprint density at radius 3 is 2.31 bits per heavy atom. The number of rotatable bonds is 4. The first-order valence-corrected chi connectivity index (χ1v) is 11.5. The van der Waals surface area contributed by atoms with Crippen LogP contribution in [0.3, 0.4) is 0 Å². The number of nitrogens with zero attached hydrogens (tertiary/aromatic N) is 3. The molecule has 2 aromatic carbocycles. The van der Waals surface area contributed by atoms with E-state index in [-0.39, 0.29) is 11.6 Å². The predicted molar refractivity (Wildman–Crippen MR) is 125 cm³/mol. The van der Waals surface area contributed by atoms with Gasteiger partial charge in [-0.25, -0.2) is 4.79 Å². The van der Waals surface area contributed by atoms with Gasteiger partial charge < -0.3 is 9.88 Å². The Morgan fingerprint density at radius 1 is 0.969 bits per heavy atom. The highest BCUT2D eigenvalue weighted by atomic mass is 16.2. The number of imidazole rings is 1. The van der Waals surface area contributed by atoms with Crippen LogP contribution >= 0.6 is 0 Å². The van der Waals surface area contributed by atoms with Crippen molar-refractivity contribution in [3.8, 4) is 5.69 Å². The van der Waals surface area contributed by atoms with Crippen LogP contribution in [0.25, 0.3) is 5.69 Å². The molecule has 3 heterocycles. The zero-order chi connectivity index (χ0) is 22.1. The van der Waals surface area contributed by atoms with Gasteiger partial charge in [-0.1, -0.05) is 30.3 Å². The van der Waals surface area contributed by atoms with Crippen molar-refractivity contribution in [2.24, 2.45) is 5.41 Å². The van der Waals surface area contributed by atoms with Crippen LogP contribution in [0.4, 0.5) is 0 Å².